The van der Waals surface area contributed by atoms with Gasteiger partial charge in [0.1, 0.15) is 12.4 Å². The van der Waals surface area contributed by atoms with E-state index in [1.807, 2.05) is 42.5 Å². The number of carbonyl (C=O) groups excluding carboxylic acids is 1. The molecule has 96 valence electrons. The number of hydrogen-bond donors (Lipinski definition) is 0. The van der Waals surface area contributed by atoms with E-state index in [0.717, 1.165) is 5.56 Å². The molecule has 1 rings (SSSR count). The Hall–Kier alpha value is -1.83. The van der Waals surface area contributed by atoms with E-state index in [9.17, 15) is 4.79 Å². The molecule has 0 aromatic heterocycles. The molecule has 0 aliphatic heterocycles. The van der Waals surface area contributed by atoms with Crippen LogP contribution in [0.15, 0.2) is 54.3 Å². The molecule has 2 heteroatoms. The lowest BCUT2D eigenvalue weighted by Crippen LogP contribution is -1.95. The van der Waals surface area contributed by atoms with Crippen molar-refractivity contribution in [3.05, 3.63) is 59.9 Å². The summed E-state index contributed by atoms with van der Waals surface area (Å²) in [6.07, 6.45) is 5.39. The van der Waals surface area contributed by atoms with E-state index in [1.165, 1.54) is 13.0 Å². The van der Waals surface area contributed by atoms with E-state index in [4.69, 9.17) is 4.74 Å². The van der Waals surface area contributed by atoms with Crippen LogP contribution in [-0.4, -0.2) is 5.78 Å². The van der Waals surface area contributed by atoms with Crippen LogP contribution in [0.3, 0.4) is 0 Å². The lowest BCUT2D eigenvalue weighted by Gasteiger charge is -2.07. The fourth-order valence-corrected chi connectivity index (χ4v) is 1.37. The highest BCUT2D eigenvalue weighted by Crippen LogP contribution is 2.09. The van der Waals surface area contributed by atoms with Crippen LogP contribution < -0.4 is 0 Å². The third-order valence-corrected chi connectivity index (χ3v) is 2.24. The van der Waals surface area contributed by atoms with Crippen LogP contribution in [0.5, 0.6) is 0 Å². The molecule has 0 aliphatic carbocycles. The van der Waals surface area contributed by atoms with E-state index >= 15 is 0 Å². The maximum absolute atomic E-state index is 11.1. The monoisotopic (exact) mass is 244 g/mol. The Bertz CT molecular complexity index is 428. The summed E-state index contributed by atoms with van der Waals surface area (Å²) < 4.78 is 5.64. The number of carbonyl (C=O) groups is 1. The van der Waals surface area contributed by atoms with E-state index in [-0.39, 0.29) is 5.78 Å². The van der Waals surface area contributed by atoms with E-state index < -0.39 is 0 Å². The molecular formula is C16H20O2. The van der Waals surface area contributed by atoms with Gasteiger partial charge in [0.2, 0.25) is 0 Å². The van der Waals surface area contributed by atoms with Crippen molar-refractivity contribution in [2.45, 2.75) is 27.4 Å². The highest BCUT2D eigenvalue weighted by Gasteiger charge is 1.98. The third kappa shape index (κ3) is 6.04. The van der Waals surface area contributed by atoms with Crippen molar-refractivity contribution in [3.8, 4) is 0 Å². The zero-order valence-electron chi connectivity index (χ0n) is 11.2. The third-order valence-electron chi connectivity index (χ3n) is 2.24. The molecule has 2 nitrogen and oxygen atoms in total. The molecule has 0 bridgehead atoms. The topological polar surface area (TPSA) is 26.3 Å². The summed E-state index contributed by atoms with van der Waals surface area (Å²) in [6, 6.07) is 9.90. The molecule has 0 amide bonds. The average Bonchev–Trinajstić information content (AvgIpc) is 2.33. The lowest BCUT2D eigenvalue weighted by molar-refractivity contribution is -0.112. The van der Waals surface area contributed by atoms with E-state index in [0.29, 0.717) is 18.3 Å². The van der Waals surface area contributed by atoms with Crippen molar-refractivity contribution in [1.29, 1.82) is 0 Å². The zero-order valence-corrected chi connectivity index (χ0v) is 11.2. The number of hydrogen-bond acceptors (Lipinski definition) is 2. The van der Waals surface area contributed by atoms with Crippen LogP contribution in [0.4, 0.5) is 0 Å². The summed E-state index contributed by atoms with van der Waals surface area (Å²) in [5.74, 6) is 1.03. The maximum Gasteiger partial charge on any atom is 0.156 e. The van der Waals surface area contributed by atoms with Crippen LogP contribution in [0, 0.1) is 5.92 Å². The summed E-state index contributed by atoms with van der Waals surface area (Å²) in [7, 11) is 0. The minimum atomic E-state index is -0.00790. The van der Waals surface area contributed by atoms with Gasteiger partial charge >= 0.3 is 0 Å². The number of rotatable bonds is 6. The Labute approximate surface area is 109 Å². The first-order chi connectivity index (χ1) is 8.58. The zero-order chi connectivity index (χ0) is 13.4. The average molecular weight is 244 g/mol. The van der Waals surface area contributed by atoms with Gasteiger partial charge in [-0.15, -0.1) is 0 Å². The largest absolute Gasteiger partial charge is 0.489 e. The quantitative estimate of drug-likeness (QED) is 0.431. The van der Waals surface area contributed by atoms with Crippen LogP contribution in [0.2, 0.25) is 0 Å². The minimum Gasteiger partial charge on any atom is -0.489 e. The molecule has 0 heterocycles. The van der Waals surface area contributed by atoms with Gasteiger partial charge < -0.3 is 4.74 Å². The minimum absolute atomic E-state index is 0.00790. The predicted molar refractivity (Wildman–Crippen MR) is 74.0 cm³/mol. The second-order valence-corrected chi connectivity index (χ2v) is 4.53. The normalized spacial score (nSPS) is 12.1. The fraction of sp³-hybridized carbons (Fsp3) is 0.312. The van der Waals surface area contributed by atoms with Gasteiger partial charge in [-0.3, -0.25) is 4.79 Å². The molecule has 0 saturated heterocycles. The van der Waals surface area contributed by atoms with Crippen molar-refractivity contribution in [2.24, 2.45) is 5.92 Å². The molecule has 0 fully saturated rings. The Morgan fingerprint density at radius 2 is 1.94 bits per heavy atom. The van der Waals surface area contributed by atoms with Crippen LogP contribution in [0.1, 0.15) is 26.3 Å². The number of ether oxygens (including phenoxy) is 1. The van der Waals surface area contributed by atoms with Crippen LogP contribution in [0.25, 0.3) is 0 Å². The first-order valence-corrected chi connectivity index (χ1v) is 6.15. The number of benzene rings is 1. The second-order valence-electron chi connectivity index (χ2n) is 4.53. The lowest BCUT2D eigenvalue weighted by atomic mass is 10.2. The van der Waals surface area contributed by atoms with Gasteiger partial charge in [-0.05, 0) is 24.5 Å². The van der Waals surface area contributed by atoms with E-state index in [2.05, 4.69) is 13.8 Å². The van der Waals surface area contributed by atoms with Crippen molar-refractivity contribution in [1.82, 2.24) is 0 Å². The van der Waals surface area contributed by atoms with E-state index in [1.54, 1.807) is 0 Å². The second kappa shape index (κ2) is 7.49. The summed E-state index contributed by atoms with van der Waals surface area (Å²) in [6.45, 7) is 6.16. The smallest absolute Gasteiger partial charge is 0.156 e. The predicted octanol–water partition coefficient (Wildman–Crippen LogP) is 3.89. The Morgan fingerprint density at radius 3 is 2.50 bits per heavy atom. The summed E-state index contributed by atoms with van der Waals surface area (Å²) in [4.78, 5) is 11.1. The Balaban J connectivity index is 2.65. The van der Waals surface area contributed by atoms with Crippen molar-refractivity contribution in [2.75, 3.05) is 0 Å². The van der Waals surface area contributed by atoms with Gasteiger partial charge in [-0.1, -0.05) is 50.3 Å². The molecule has 0 spiro atoms. The standard InChI is InChI=1S/C16H20O2/c1-13(2)9-10-16(11-14(3)17)18-12-15-7-5-4-6-8-15/h4-11,13H,12H2,1-3H3/b10-9-,16-11+. The molecule has 0 N–H and O–H groups in total. The first kappa shape index (κ1) is 14.2. The molecule has 18 heavy (non-hydrogen) atoms. The molecular weight excluding hydrogens is 224 g/mol. The van der Waals surface area contributed by atoms with Gasteiger partial charge in [0.15, 0.2) is 5.78 Å². The fourth-order valence-electron chi connectivity index (χ4n) is 1.37. The van der Waals surface area contributed by atoms with Crippen LogP contribution >= 0.6 is 0 Å². The van der Waals surface area contributed by atoms with Crippen molar-refractivity contribution < 1.29 is 9.53 Å². The summed E-state index contributed by atoms with van der Waals surface area (Å²) in [5, 5.41) is 0. The summed E-state index contributed by atoms with van der Waals surface area (Å²) in [5.41, 5.74) is 1.09. The van der Waals surface area contributed by atoms with Gasteiger partial charge in [-0.2, -0.15) is 0 Å². The highest BCUT2D eigenvalue weighted by molar-refractivity contribution is 5.88. The van der Waals surface area contributed by atoms with Crippen molar-refractivity contribution in [3.63, 3.8) is 0 Å². The van der Waals surface area contributed by atoms with Crippen LogP contribution in [-0.2, 0) is 16.1 Å². The summed E-state index contributed by atoms with van der Waals surface area (Å²) >= 11 is 0. The molecule has 0 unspecified atom stereocenters. The molecule has 1 aromatic rings. The number of allylic oxidation sites excluding steroid dienone is 3. The Kier molecular flexibility index (Phi) is 5.92. The molecule has 0 radical (unpaired) electrons. The van der Waals surface area contributed by atoms with Gasteiger partial charge in [-0.25, -0.2) is 0 Å². The molecule has 0 aliphatic rings. The van der Waals surface area contributed by atoms with Gasteiger partial charge in [0, 0.05) is 6.08 Å². The highest BCUT2D eigenvalue weighted by atomic mass is 16.5. The molecule has 0 saturated carbocycles. The van der Waals surface area contributed by atoms with Crippen molar-refractivity contribution >= 4 is 5.78 Å². The van der Waals surface area contributed by atoms with Gasteiger partial charge in [0.05, 0.1) is 0 Å². The first-order valence-electron chi connectivity index (χ1n) is 6.15. The Morgan fingerprint density at radius 1 is 1.28 bits per heavy atom. The molecule has 1 aromatic carbocycles. The molecule has 0 atom stereocenters. The SMILES string of the molecule is CC(=O)/C=C(\C=C/C(C)C)OCc1ccccc1. The van der Waals surface area contributed by atoms with Gasteiger partial charge in [0.25, 0.3) is 0 Å². The number of ketones is 1. The maximum atomic E-state index is 11.1.